The van der Waals surface area contributed by atoms with Gasteiger partial charge < -0.3 is 15.4 Å². The monoisotopic (exact) mass is 260 g/mol. The summed E-state index contributed by atoms with van der Waals surface area (Å²) in [6.07, 6.45) is 3.19. The van der Waals surface area contributed by atoms with E-state index in [4.69, 9.17) is 10.5 Å². The molecule has 0 bridgehead atoms. The molecule has 1 saturated heterocycles. The molecule has 0 amide bonds. The van der Waals surface area contributed by atoms with Crippen molar-refractivity contribution < 1.29 is 4.74 Å². The third-order valence-electron chi connectivity index (χ3n) is 3.05. The third kappa shape index (κ3) is 2.24. The van der Waals surface area contributed by atoms with E-state index in [0.717, 1.165) is 37.8 Å². The number of nitrogens with two attached hydrogens (primary N) is 1. The fraction of sp³-hybridized carbons (Fsp3) is 0.417. The average molecular weight is 260 g/mol. The number of hydrogen-bond acceptors (Lipinski definition) is 6. The molecular weight excluding hydrogens is 244 g/mol. The summed E-state index contributed by atoms with van der Waals surface area (Å²) in [6.45, 7) is 5.07. The maximum Gasteiger partial charge on any atom is 0.198 e. The van der Waals surface area contributed by atoms with E-state index in [9.17, 15) is 0 Å². The standard InChI is InChI=1S/C12H16N6O/c1-9-8-10(17-4-6-19-7-5-17)18(16-9)12-11(13)14-2-3-15-12/h2-3,8H,4-7H2,1H3,(H2,13,14). The first-order valence-electron chi connectivity index (χ1n) is 6.22. The van der Waals surface area contributed by atoms with E-state index in [0.29, 0.717) is 11.6 Å². The number of morpholine rings is 1. The summed E-state index contributed by atoms with van der Waals surface area (Å²) in [5.41, 5.74) is 6.81. The molecular formula is C12H16N6O. The van der Waals surface area contributed by atoms with Gasteiger partial charge in [-0.25, -0.2) is 9.97 Å². The highest BCUT2D eigenvalue weighted by Gasteiger charge is 2.19. The molecule has 100 valence electrons. The molecule has 0 aliphatic carbocycles. The first-order valence-corrected chi connectivity index (χ1v) is 6.22. The maximum absolute atomic E-state index is 5.88. The topological polar surface area (TPSA) is 82.1 Å². The molecule has 1 aliphatic heterocycles. The summed E-state index contributed by atoms with van der Waals surface area (Å²) < 4.78 is 7.13. The predicted octanol–water partition coefficient (Wildman–Crippen LogP) is 0.390. The maximum atomic E-state index is 5.88. The summed E-state index contributed by atoms with van der Waals surface area (Å²) in [5, 5.41) is 4.47. The SMILES string of the molecule is Cc1cc(N2CCOCC2)n(-c2nccnc2N)n1. The van der Waals surface area contributed by atoms with E-state index in [1.165, 1.54) is 0 Å². The Balaban J connectivity index is 2.04. The van der Waals surface area contributed by atoms with Crippen molar-refractivity contribution in [3.8, 4) is 5.82 Å². The predicted molar refractivity (Wildman–Crippen MR) is 71.3 cm³/mol. The first-order chi connectivity index (χ1) is 9.25. The van der Waals surface area contributed by atoms with Crippen LogP contribution in [-0.2, 0) is 4.74 Å². The minimum Gasteiger partial charge on any atom is -0.381 e. The minimum absolute atomic E-state index is 0.375. The summed E-state index contributed by atoms with van der Waals surface area (Å²) >= 11 is 0. The molecule has 7 nitrogen and oxygen atoms in total. The van der Waals surface area contributed by atoms with Gasteiger partial charge in [0, 0.05) is 31.5 Å². The molecule has 19 heavy (non-hydrogen) atoms. The van der Waals surface area contributed by atoms with Crippen molar-refractivity contribution in [2.24, 2.45) is 0 Å². The Morgan fingerprint density at radius 2 is 1.95 bits per heavy atom. The molecule has 0 spiro atoms. The highest BCUT2D eigenvalue weighted by Crippen LogP contribution is 2.22. The summed E-state index contributed by atoms with van der Waals surface area (Å²) in [7, 11) is 0. The number of nitrogens with zero attached hydrogens (tertiary/aromatic N) is 5. The number of ether oxygens (including phenoxy) is 1. The van der Waals surface area contributed by atoms with Crippen LogP contribution in [0.25, 0.3) is 5.82 Å². The Morgan fingerprint density at radius 1 is 1.21 bits per heavy atom. The molecule has 0 aromatic carbocycles. The second-order valence-corrected chi connectivity index (χ2v) is 4.42. The fourth-order valence-electron chi connectivity index (χ4n) is 2.16. The molecule has 0 radical (unpaired) electrons. The van der Waals surface area contributed by atoms with Crippen molar-refractivity contribution in [2.45, 2.75) is 6.92 Å². The van der Waals surface area contributed by atoms with Gasteiger partial charge in [-0.05, 0) is 6.92 Å². The van der Waals surface area contributed by atoms with Gasteiger partial charge in [0.2, 0.25) is 0 Å². The molecule has 2 aromatic rings. The van der Waals surface area contributed by atoms with E-state index in [1.54, 1.807) is 17.1 Å². The molecule has 0 atom stereocenters. The van der Waals surface area contributed by atoms with E-state index < -0.39 is 0 Å². The second kappa shape index (κ2) is 4.85. The van der Waals surface area contributed by atoms with Crippen LogP contribution >= 0.6 is 0 Å². The molecule has 0 saturated carbocycles. The van der Waals surface area contributed by atoms with Crippen LogP contribution in [0.3, 0.4) is 0 Å². The van der Waals surface area contributed by atoms with E-state index in [2.05, 4.69) is 20.0 Å². The van der Waals surface area contributed by atoms with Crippen LogP contribution in [-0.4, -0.2) is 46.1 Å². The van der Waals surface area contributed by atoms with Crippen LogP contribution < -0.4 is 10.6 Å². The fourth-order valence-corrected chi connectivity index (χ4v) is 2.16. The van der Waals surface area contributed by atoms with Gasteiger partial charge in [0.15, 0.2) is 11.6 Å². The molecule has 3 rings (SSSR count). The van der Waals surface area contributed by atoms with E-state index in [1.807, 2.05) is 13.0 Å². The van der Waals surface area contributed by atoms with Crippen molar-refractivity contribution >= 4 is 11.6 Å². The Morgan fingerprint density at radius 3 is 2.68 bits per heavy atom. The van der Waals surface area contributed by atoms with E-state index >= 15 is 0 Å². The zero-order chi connectivity index (χ0) is 13.2. The lowest BCUT2D eigenvalue weighted by atomic mass is 10.4. The van der Waals surface area contributed by atoms with Crippen molar-refractivity contribution in [2.75, 3.05) is 36.9 Å². The number of aryl methyl sites for hydroxylation is 1. The number of rotatable bonds is 2. The van der Waals surface area contributed by atoms with Crippen LogP contribution in [0.15, 0.2) is 18.5 Å². The second-order valence-electron chi connectivity index (χ2n) is 4.42. The van der Waals surface area contributed by atoms with Crippen LogP contribution in [0.4, 0.5) is 11.6 Å². The summed E-state index contributed by atoms with van der Waals surface area (Å²) in [5.74, 6) is 1.92. The number of hydrogen-bond donors (Lipinski definition) is 1. The zero-order valence-corrected chi connectivity index (χ0v) is 10.8. The molecule has 1 aliphatic rings. The quantitative estimate of drug-likeness (QED) is 0.841. The molecule has 1 fully saturated rings. The van der Waals surface area contributed by atoms with Gasteiger partial charge in [-0.3, -0.25) is 0 Å². The lowest BCUT2D eigenvalue weighted by molar-refractivity contribution is 0.122. The molecule has 2 aromatic heterocycles. The number of anilines is 2. The van der Waals surface area contributed by atoms with Crippen LogP contribution in [0.5, 0.6) is 0 Å². The summed E-state index contributed by atoms with van der Waals surface area (Å²) in [6, 6.07) is 2.03. The Bertz CT molecular complexity index is 575. The normalized spacial score (nSPS) is 15.7. The van der Waals surface area contributed by atoms with Crippen molar-refractivity contribution in [1.29, 1.82) is 0 Å². The molecule has 3 heterocycles. The van der Waals surface area contributed by atoms with Gasteiger partial charge >= 0.3 is 0 Å². The van der Waals surface area contributed by atoms with Crippen molar-refractivity contribution in [1.82, 2.24) is 19.7 Å². The lowest BCUT2D eigenvalue weighted by Crippen LogP contribution is -2.37. The summed E-state index contributed by atoms with van der Waals surface area (Å²) in [4.78, 5) is 10.6. The number of nitrogen functional groups attached to an aromatic ring is 1. The Kier molecular flexibility index (Phi) is 3.04. The lowest BCUT2D eigenvalue weighted by Gasteiger charge is -2.28. The van der Waals surface area contributed by atoms with Crippen molar-refractivity contribution in [3.05, 3.63) is 24.2 Å². The smallest absolute Gasteiger partial charge is 0.198 e. The molecule has 7 heteroatoms. The van der Waals surface area contributed by atoms with E-state index in [-0.39, 0.29) is 0 Å². The van der Waals surface area contributed by atoms with Crippen LogP contribution in [0.2, 0.25) is 0 Å². The Hall–Kier alpha value is -2.15. The van der Waals surface area contributed by atoms with Crippen LogP contribution in [0.1, 0.15) is 5.69 Å². The van der Waals surface area contributed by atoms with Gasteiger partial charge in [0.05, 0.1) is 18.9 Å². The zero-order valence-electron chi connectivity index (χ0n) is 10.8. The number of aromatic nitrogens is 4. The van der Waals surface area contributed by atoms with Gasteiger partial charge in [-0.1, -0.05) is 0 Å². The van der Waals surface area contributed by atoms with Gasteiger partial charge in [0.1, 0.15) is 5.82 Å². The third-order valence-corrected chi connectivity index (χ3v) is 3.05. The minimum atomic E-state index is 0.375. The average Bonchev–Trinajstić information content (AvgIpc) is 2.82. The Labute approximate surface area is 111 Å². The molecule has 0 unspecified atom stereocenters. The van der Waals surface area contributed by atoms with Crippen LogP contribution in [0, 0.1) is 6.92 Å². The molecule has 2 N–H and O–H groups in total. The largest absolute Gasteiger partial charge is 0.381 e. The van der Waals surface area contributed by atoms with Crippen molar-refractivity contribution in [3.63, 3.8) is 0 Å². The highest BCUT2D eigenvalue weighted by atomic mass is 16.5. The van der Waals surface area contributed by atoms with Gasteiger partial charge in [-0.15, -0.1) is 0 Å². The van der Waals surface area contributed by atoms with Gasteiger partial charge in [-0.2, -0.15) is 9.78 Å². The first kappa shape index (κ1) is 11.9. The van der Waals surface area contributed by atoms with Gasteiger partial charge in [0.25, 0.3) is 0 Å². The highest BCUT2D eigenvalue weighted by molar-refractivity contribution is 5.53.